The number of nitrogens with two attached hydrogens (primary N) is 1. The first-order valence-electron chi connectivity index (χ1n) is 6.23. The highest BCUT2D eigenvalue weighted by molar-refractivity contribution is 5.88. The van der Waals surface area contributed by atoms with Gasteiger partial charge in [-0.25, -0.2) is 4.39 Å². The lowest BCUT2D eigenvalue weighted by Gasteiger charge is -2.11. The predicted molar refractivity (Wildman–Crippen MR) is 77.4 cm³/mol. The summed E-state index contributed by atoms with van der Waals surface area (Å²) in [6.07, 6.45) is 0. The number of aryl methyl sites for hydroxylation is 1. The Kier molecular flexibility index (Phi) is 2.99. The van der Waals surface area contributed by atoms with Crippen molar-refractivity contribution >= 4 is 16.6 Å². The van der Waals surface area contributed by atoms with Crippen LogP contribution in [-0.2, 0) is 0 Å². The first-order valence-corrected chi connectivity index (χ1v) is 6.23. The van der Waals surface area contributed by atoms with Crippen LogP contribution in [0.2, 0.25) is 0 Å². The lowest BCUT2D eigenvalue weighted by molar-refractivity contribution is 0.446. The van der Waals surface area contributed by atoms with E-state index in [0.717, 1.165) is 16.6 Å². The van der Waals surface area contributed by atoms with Crippen LogP contribution >= 0.6 is 0 Å². The maximum Gasteiger partial charge on any atom is 0.165 e. The Morgan fingerprint density at radius 1 is 1.05 bits per heavy atom. The minimum atomic E-state index is -0.404. The number of pyridine rings is 1. The summed E-state index contributed by atoms with van der Waals surface area (Å²) in [6, 6.07) is 13.4. The van der Waals surface area contributed by atoms with Gasteiger partial charge in [-0.1, -0.05) is 12.1 Å². The molecule has 0 radical (unpaired) electrons. The van der Waals surface area contributed by atoms with Gasteiger partial charge < -0.3 is 10.5 Å². The highest BCUT2D eigenvalue weighted by Crippen LogP contribution is 2.32. The summed E-state index contributed by atoms with van der Waals surface area (Å²) in [7, 11) is 0. The third-order valence-electron chi connectivity index (χ3n) is 2.98. The van der Waals surface area contributed by atoms with Crippen molar-refractivity contribution in [1.82, 2.24) is 4.98 Å². The SMILES string of the molecule is Cc1cc(Oc2ccccc2F)c2cc(N)ccc2n1. The van der Waals surface area contributed by atoms with E-state index < -0.39 is 5.82 Å². The molecular formula is C16H13FN2O. The van der Waals surface area contributed by atoms with Crippen LogP contribution in [-0.4, -0.2) is 4.98 Å². The monoisotopic (exact) mass is 268 g/mol. The lowest BCUT2D eigenvalue weighted by atomic mass is 10.1. The van der Waals surface area contributed by atoms with E-state index >= 15 is 0 Å². The topological polar surface area (TPSA) is 48.1 Å². The standard InChI is InChI=1S/C16H13FN2O/c1-10-8-16(20-15-5-3-2-4-13(15)17)12-9-11(18)6-7-14(12)19-10/h2-9H,18H2,1H3. The average molecular weight is 268 g/mol. The molecule has 0 bridgehead atoms. The molecule has 0 unspecified atom stereocenters. The van der Waals surface area contributed by atoms with Crippen molar-refractivity contribution in [3.8, 4) is 11.5 Å². The van der Waals surface area contributed by atoms with Crippen molar-refractivity contribution in [1.29, 1.82) is 0 Å². The molecule has 0 saturated heterocycles. The van der Waals surface area contributed by atoms with Crippen LogP contribution in [0.3, 0.4) is 0 Å². The molecule has 0 saturated carbocycles. The number of anilines is 1. The van der Waals surface area contributed by atoms with Crippen LogP contribution in [0.25, 0.3) is 10.9 Å². The van der Waals surface area contributed by atoms with E-state index in [-0.39, 0.29) is 5.75 Å². The number of halogens is 1. The molecule has 0 aliphatic carbocycles. The molecule has 4 heteroatoms. The van der Waals surface area contributed by atoms with Gasteiger partial charge in [-0.05, 0) is 37.3 Å². The summed E-state index contributed by atoms with van der Waals surface area (Å²) in [5.41, 5.74) is 7.98. The summed E-state index contributed by atoms with van der Waals surface area (Å²) in [5.74, 6) is 0.325. The summed E-state index contributed by atoms with van der Waals surface area (Å²) in [4.78, 5) is 4.41. The number of nitrogens with zero attached hydrogens (tertiary/aromatic N) is 1. The number of ether oxygens (including phenoxy) is 1. The van der Waals surface area contributed by atoms with Gasteiger partial charge in [0.25, 0.3) is 0 Å². The Morgan fingerprint density at radius 2 is 1.85 bits per heavy atom. The van der Waals surface area contributed by atoms with E-state index in [1.165, 1.54) is 6.07 Å². The number of hydrogen-bond donors (Lipinski definition) is 1. The Morgan fingerprint density at radius 3 is 2.65 bits per heavy atom. The molecule has 3 rings (SSSR count). The Balaban J connectivity index is 2.15. The molecule has 0 fully saturated rings. The van der Waals surface area contributed by atoms with Crippen LogP contribution in [0.5, 0.6) is 11.5 Å². The Bertz CT molecular complexity index is 787. The van der Waals surface area contributed by atoms with Crippen molar-refractivity contribution in [3.05, 3.63) is 60.0 Å². The van der Waals surface area contributed by atoms with Gasteiger partial charge in [0.15, 0.2) is 11.6 Å². The molecule has 3 nitrogen and oxygen atoms in total. The molecule has 2 N–H and O–H groups in total. The predicted octanol–water partition coefficient (Wildman–Crippen LogP) is 4.06. The second kappa shape index (κ2) is 4.81. The number of fused-ring (bicyclic) bond motifs is 1. The molecule has 3 aromatic rings. The van der Waals surface area contributed by atoms with E-state index in [9.17, 15) is 4.39 Å². The van der Waals surface area contributed by atoms with E-state index in [2.05, 4.69) is 4.98 Å². The van der Waals surface area contributed by atoms with E-state index in [1.54, 1.807) is 36.4 Å². The number of para-hydroxylation sites is 1. The second-order valence-electron chi connectivity index (χ2n) is 4.57. The molecule has 20 heavy (non-hydrogen) atoms. The fourth-order valence-electron chi connectivity index (χ4n) is 2.07. The van der Waals surface area contributed by atoms with Crippen molar-refractivity contribution in [2.75, 3.05) is 5.73 Å². The molecular weight excluding hydrogens is 255 g/mol. The largest absolute Gasteiger partial charge is 0.454 e. The summed E-state index contributed by atoms with van der Waals surface area (Å²) in [5, 5.41) is 0.763. The van der Waals surface area contributed by atoms with Gasteiger partial charge in [-0.2, -0.15) is 0 Å². The van der Waals surface area contributed by atoms with Gasteiger partial charge in [-0.3, -0.25) is 4.98 Å². The average Bonchev–Trinajstić information content (AvgIpc) is 2.42. The molecule has 0 spiro atoms. The minimum absolute atomic E-state index is 0.182. The van der Waals surface area contributed by atoms with Gasteiger partial charge in [0.05, 0.1) is 5.52 Å². The zero-order chi connectivity index (χ0) is 14.1. The van der Waals surface area contributed by atoms with E-state index in [0.29, 0.717) is 11.4 Å². The first kappa shape index (κ1) is 12.4. The van der Waals surface area contributed by atoms with Crippen molar-refractivity contribution in [3.63, 3.8) is 0 Å². The lowest BCUT2D eigenvalue weighted by Crippen LogP contribution is -1.93. The molecule has 0 amide bonds. The zero-order valence-electron chi connectivity index (χ0n) is 10.9. The minimum Gasteiger partial charge on any atom is -0.454 e. The van der Waals surface area contributed by atoms with Gasteiger partial charge >= 0.3 is 0 Å². The smallest absolute Gasteiger partial charge is 0.165 e. The molecule has 1 aromatic heterocycles. The number of benzene rings is 2. The van der Waals surface area contributed by atoms with Crippen LogP contribution in [0.4, 0.5) is 10.1 Å². The second-order valence-corrected chi connectivity index (χ2v) is 4.57. The highest BCUT2D eigenvalue weighted by Gasteiger charge is 2.09. The maximum absolute atomic E-state index is 13.7. The molecule has 0 aliphatic heterocycles. The molecule has 1 heterocycles. The number of rotatable bonds is 2. The third kappa shape index (κ3) is 2.28. The summed E-state index contributed by atoms with van der Waals surface area (Å²) < 4.78 is 19.4. The number of aromatic nitrogens is 1. The normalized spacial score (nSPS) is 10.7. The van der Waals surface area contributed by atoms with Crippen molar-refractivity contribution in [2.24, 2.45) is 0 Å². The first-order chi connectivity index (χ1) is 9.63. The fraction of sp³-hybridized carbons (Fsp3) is 0.0625. The van der Waals surface area contributed by atoms with Crippen molar-refractivity contribution in [2.45, 2.75) is 6.92 Å². The summed E-state index contributed by atoms with van der Waals surface area (Å²) >= 11 is 0. The molecule has 2 aromatic carbocycles. The number of nitrogen functional groups attached to an aromatic ring is 1. The van der Waals surface area contributed by atoms with Gasteiger partial charge in [0.1, 0.15) is 5.75 Å². The van der Waals surface area contributed by atoms with E-state index in [1.807, 2.05) is 13.0 Å². The highest BCUT2D eigenvalue weighted by atomic mass is 19.1. The summed E-state index contributed by atoms with van der Waals surface area (Å²) in [6.45, 7) is 1.87. The molecule has 0 atom stereocenters. The van der Waals surface area contributed by atoms with Crippen LogP contribution in [0.15, 0.2) is 48.5 Å². The fourth-order valence-corrected chi connectivity index (χ4v) is 2.07. The quantitative estimate of drug-likeness (QED) is 0.713. The third-order valence-corrected chi connectivity index (χ3v) is 2.98. The molecule has 100 valence electrons. The van der Waals surface area contributed by atoms with Gasteiger partial charge in [-0.15, -0.1) is 0 Å². The zero-order valence-corrected chi connectivity index (χ0v) is 10.9. The Hall–Kier alpha value is -2.62. The van der Waals surface area contributed by atoms with Gasteiger partial charge in [0.2, 0.25) is 0 Å². The Labute approximate surface area is 115 Å². The van der Waals surface area contributed by atoms with Gasteiger partial charge in [0, 0.05) is 22.8 Å². The van der Waals surface area contributed by atoms with Crippen LogP contribution in [0.1, 0.15) is 5.69 Å². The van der Waals surface area contributed by atoms with E-state index in [4.69, 9.17) is 10.5 Å². The van der Waals surface area contributed by atoms with Crippen LogP contribution in [0, 0.1) is 12.7 Å². The van der Waals surface area contributed by atoms with Crippen molar-refractivity contribution < 1.29 is 9.13 Å². The number of hydrogen-bond acceptors (Lipinski definition) is 3. The molecule has 0 aliphatic rings. The maximum atomic E-state index is 13.7. The van der Waals surface area contributed by atoms with Crippen LogP contribution < -0.4 is 10.5 Å².